The van der Waals surface area contributed by atoms with Gasteiger partial charge in [0.1, 0.15) is 11.8 Å². The minimum atomic E-state index is -1.05. The fourth-order valence-electron chi connectivity index (χ4n) is 5.55. The summed E-state index contributed by atoms with van der Waals surface area (Å²) in [6, 6.07) is 10.0. The average molecular weight is 669 g/mol. The molecule has 2 aromatic carbocycles. The van der Waals surface area contributed by atoms with Gasteiger partial charge in [-0.2, -0.15) is 0 Å². The number of aliphatic hydroxyl groups excluding tert-OH is 1. The molecule has 12 N–H and O–H groups in total. The van der Waals surface area contributed by atoms with Gasteiger partial charge in [0, 0.05) is 32.0 Å². The van der Waals surface area contributed by atoms with Crippen LogP contribution in [0.5, 0.6) is 5.75 Å². The fourth-order valence-corrected chi connectivity index (χ4v) is 5.55. The molecule has 0 saturated heterocycles. The number of rotatable bonds is 15. The van der Waals surface area contributed by atoms with E-state index in [1.807, 2.05) is 30.3 Å². The first-order valence-electron chi connectivity index (χ1n) is 16.6. The number of likely N-dealkylation sites (N-methyl/N-ethyl adjacent to an activating group) is 1. The molecule has 1 unspecified atom stereocenters. The number of nitrogens with one attached hydrogen (secondary N) is 6. The quantitative estimate of drug-likeness (QED) is 0.101. The third-order valence-electron chi connectivity index (χ3n) is 8.34. The monoisotopic (exact) mass is 668 g/mol. The molecular weight excluding hydrogens is 616 g/mol. The van der Waals surface area contributed by atoms with E-state index in [4.69, 9.17) is 11.5 Å². The standard InChI is InChI=1S/C34H52N8O6/c1-37-13-5-9-28-33(47)41-25(18-31(45)39-19-26(43)20-40-32(46)27(36)8-4-12-35)15-21-6-3-7-22(14-21)23-10-11-30(44)24(16-23)17-29(38-2)34(48)42-28/h3,6-7,10-11,14,16,25-29,37-38,43-44H,4-5,8-9,12-13,15,17-20,35-36H2,1-2H3,(H,39,45)(H,40,46)(H,41,47)(H,42,48)/t25-,26?,27-,28-,29-/m0/s1. The third-order valence-corrected chi connectivity index (χ3v) is 8.34. The summed E-state index contributed by atoms with van der Waals surface area (Å²) in [4.78, 5) is 52.4. The smallest absolute Gasteiger partial charge is 0.242 e. The van der Waals surface area contributed by atoms with Gasteiger partial charge < -0.3 is 53.6 Å². The Hall–Kier alpha value is -4.08. The Balaban J connectivity index is 1.80. The predicted octanol–water partition coefficient (Wildman–Crippen LogP) is -1.24. The Morgan fingerprint density at radius 1 is 0.979 bits per heavy atom. The summed E-state index contributed by atoms with van der Waals surface area (Å²) in [6.45, 7) is 0.842. The lowest BCUT2D eigenvalue weighted by Crippen LogP contribution is -2.55. The SMILES string of the molecule is CNCCC[C@@H]1NC(=O)[C@@H](NC)Cc2cc(ccc2O)-c2cccc(c2)C[C@@H](CC(=O)NCC(O)CNC(=O)[C@@H](N)CCCN)NC1=O. The van der Waals surface area contributed by atoms with Crippen molar-refractivity contribution in [2.24, 2.45) is 11.5 Å². The highest BCUT2D eigenvalue weighted by Gasteiger charge is 2.28. The molecule has 14 nitrogen and oxygen atoms in total. The Labute approximate surface area is 282 Å². The van der Waals surface area contributed by atoms with Crippen LogP contribution in [0.15, 0.2) is 42.5 Å². The summed E-state index contributed by atoms with van der Waals surface area (Å²) in [5, 5.41) is 38.2. The molecule has 1 heterocycles. The number of phenols is 1. The number of aliphatic hydroxyl groups is 1. The van der Waals surface area contributed by atoms with E-state index in [1.54, 1.807) is 26.2 Å². The van der Waals surface area contributed by atoms with Crippen molar-refractivity contribution in [1.29, 1.82) is 0 Å². The number of aromatic hydroxyl groups is 1. The molecule has 0 saturated carbocycles. The first-order valence-corrected chi connectivity index (χ1v) is 16.6. The molecule has 264 valence electrons. The van der Waals surface area contributed by atoms with Crippen LogP contribution in [0.25, 0.3) is 11.1 Å². The van der Waals surface area contributed by atoms with Crippen LogP contribution in [0.2, 0.25) is 0 Å². The topological polar surface area (TPSA) is 233 Å². The molecule has 48 heavy (non-hydrogen) atoms. The maximum Gasteiger partial charge on any atom is 0.242 e. The number of benzene rings is 2. The van der Waals surface area contributed by atoms with Crippen molar-refractivity contribution in [1.82, 2.24) is 31.9 Å². The van der Waals surface area contributed by atoms with Crippen molar-refractivity contribution in [3.8, 4) is 16.9 Å². The minimum absolute atomic E-state index is 0.0697. The number of hydrogen-bond acceptors (Lipinski definition) is 10. The van der Waals surface area contributed by atoms with Crippen molar-refractivity contribution in [2.45, 2.75) is 75.2 Å². The summed E-state index contributed by atoms with van der Waals surface area (Å²) >= 11 is 0. The van der Waals surface area contributed by atoms with E-state index in [0.717, 1.165) is 16.7 Å². The molecule has 3 rings (SSSR count). The maximum atomic E-state index is 13.7. The van der Waals surface area contributed by atoms with Crippen LogP contribution < -0.4 is 43.4 Å². The number of amides is 4. The molecule has 0 aromatic heterocycles. The molecule has 0 aliphatic carbocycles. The van der Waals surface area contributed by atoms with Gasteiger partial charge in [-0.15, -0.1) is 0 Å². The Bertz CT molecular complexity index is 1370. The number of fused-ring (bicyclic) bond motifs is 5. The summed E-state index contributed by atoms with van der Waals surface area (Å²) in [5.74, 6) is -1.56. The van der Waals surface area contributed by atoms with E-state index < -0.39 is 53.9 Å². The van der Waals surface area contributed by atoms with E-state index in [-0.39, 0.29) is 31.7 Å². The highest BCUT2D eigenvalue weighted by molar-refractivity contribution is 5.90. The van der Waals surface area contributed by atoms with Crippen molar-refractivity contribution >= 4 is 23.6 Å². The first-order chi connectivity index (χ1) is 23.0. The minimum Gasteiger partial charge on any atom is -0.508 e. The van der Waals surface area contributed by atoms with E-state index >= 15 is 0 Å². The van der Waals surface area contributed by atoms with Gasteiger partial charge in [-0.05, 0) is 93.7 Å². The molecule has 0 spiro atoms. The second-order valence-electron chi connectivity index (χ2n) is 12.3. The van der Waals surface area contributed by atoms with Gasteiger partial charge in [0.15, 0.2) is 0 Å². The molecule has 14 heteroatoms. The largest absolute Gasteiger partial charge is 0.508 e. The van der Waals surface area contributed by atoms with Crippen molar-refractivity contribution in [2.75, 3.05) is 40.3 Å². The van der Waals surface area contributed by atoms with Crippen LogP contribution in [0.4, 0.5) is 0 Å². The molecule has 0 radical (unpaired) electrons. The zero-order valence-corrected chi connectivity index (χ0v) is 27.9. The van der Waals surface area contributed by atoms with Crippen molar-refractivity contribution in [3.05, 3.63) is 53.6 Å². The van der Waals surface area contributed by atoms with Gasteiger partial charge >= 0.3 is 0 Å². The highest BCUT2D eigenvalue weighted by Crippen LogP contribution is 2.28. The number of hydrogen-bond donors (Lipinski definition) is 10. The summed E-state index contributed by atoms with van der Waals surface area (Å²) < 4.78 is 0. The highest BCUT2D eigenvalue weighted by atomic mass is 16.3. The number of nitrogens with two attached hydrogens (primary N) is 2. The van der Waals surface area contributed by atoms with Gasteiger partial charge in [-0.25, -0.2) is 0 Å². The molecule has 4 bridgehead atoms. The summed E-state index contributed by atoms with van der Waals surface area (Å²) in [6.07, 6.45) is 1.36. The first kappa shape index (κ1) is 38.4. The lowest BCUT2D eigenvalue weighted by atomic mass is 9.95. The van der Waals surface area contributed by atoms with Gasteiger partial charge in [-0.3, -0.25) is 19.2 Å². The Kier molecular flexibility index (Phi) is 15.7. The molecule has 0 fully saturated rings. The second-order valence-corrected chi connectivity index (χ2v) is 12.3. The molecule has 4 amide bonds. The van der Waals surface area contributed by atoms with Crippen LogP contribution in [0, 0.1) is 0 Å². The van der Waals surface area contributed by atoms with E-state index in [1.165, 1.54) is 0 Å². The number of carbonyl (C=O) groups is 4. The second kappa shape index (κ2) is 19.7. The van der Waals surface area contributed by atoms with Crippen molar-refractivity contribution < 1.29 is 29.4 Å². The zero-order valence-electron chi connectivity index (χ0n) is 27.9. The normalized spacial score (nSPS) is 19.6. The number of phenolic OH excluding ortho intramolecular Hbond substituents is 1. The summed E-state index contributed by atoms with van der Waals surface area (Å²) in [7, 11) is 3.45. The van der Waals surface area contributed by atoms with Gasteiger partial charge in [0.2, 0.25) is 23.6 Å². The van der Waals surface area contributed by atoms with E-state index in [2.05, 4.69) is 31.9 Å². The lowest BCUT2D eigenvalue weighted by molar-refractivity contribution is -0.131. The van der Waals surface area contributed by atoms with E-state index in [0.29, 0.717) is 50.8 Å². The van der Waals surface area contributed by atoms with Gasteiger partial charge in [-0.1, -0.05) is 30.3 Å². The molecule has 1 aliphatic rings. The predicted molar refractivity (Wildman–Crippen MR) is 184 cm³/mol. The zero-order chi connectivity index (χ0) is 35.1. The summed E-state index contributed by atoms with van der Waals surface area (Å²) in [5.41, 5.74) is 14.5. The molecule has 2 aromatic rings. The third kappa shape index (κ3) is 12.2. The van der Waals surface area contributed by atoms with Crippen LogP contribution in [-0.4, -0.2) is 104 Å². The Morgan fingerprint density at radius 3 is 2.46 bits per heavy atom. The number of carbonyl (C=O) groups excluding carboxylic acids is 4. The van der Waals surface area contributed by atoms with Crippen LogP contribution in [0.1, 0.15) is 43.2 Å². The van der Waals surface area contributed by atoms with Crippen LogP contribution in [0.3, 0.4) is 0 Å². The fraction of sp³-hybridized carbons (Fsp3) is 0.529. The molecule has 1 aliphatic heterocycles. The molecule has 5 atom stereocenters. The Morgan fingerprint density at radius 2 is 1.73 bits per heavy atom. The van der Waals surface area contributed by atoms with E-state index in [9.17, 15) is 29.4 Å². The average Bonchev–Trinajstić information content (AvgIpc) is 3.07. The van der Waals surface area contributed by atoms with Crippen molar-refractivity contribution in [3.63, 3.8) is 0 Å². The maximum absolute atomic E-state index is 13.7. The van der Waals surface area contributed by atoms with Crippen LogP contribution in [-0.2, 0) is 32.0 Å². The lowest BCUT2D eigenvalue weighted by Gasteiger charge is -2.25. The van der Waals surface area contributed by atoms with Gasteiger partial charge in [0.25, 0.3) is 0 Å². The van der Waals surface area contributed by atoms with Gasteiger partial charge in [0.05, 0.1) is 18.2 Å². The van der Waals surface area contributed by atoms with Crippen LogP contribution >= 0.6 is 0 Å². The molecular formula is C34H52N8O6.